The summed E-state index contributed by atoms with van der Waals surface area (Å²) in [5, 5.41) is 4.30. The fourth-order valence-electron chi connectivity index (χ4n) is 3.77. The highest BCUT2D eigenvalue weighted by Gasteiger charge is 2.34. The van der Waals surface area contributed by atoms with Crippen LogP contribution in [0.15, 0.2) is 18.2 Å². The summed E-state index contributed by atoms with van der Waals surface area (Å²) in [5.41, 5.74) is 1.11. The molecule has 4 rings (SSSR count). The van der Waals surface area contributed by atoms with E-state index in [0.717, 1.165) is 30.6 Å². The number of hydrogen-bond acceptors (Lipinski definition) is 4. The molecule has 3 aliphatic rings. The Hall–Kier alpha value is -0.810. The first-order valence-corrected chi connectivity index (χ1v) is 8.55. The van der Waals surface area contributed by atoms with Crippen LogP contribution in [0, 0.1) is 0 Å². The smallest absolute Gasteiger partial charge is 0.167 e. The lowest BCUT2D eigenvalue weighted by Crippen LogP contribution is -2.42. The Kier molecular flexibility index (Phi) is 4.03. The number of nitrogens with one attached hydrogen (secondary N) is 1. The Balaban J connectivity index is 1.37. The Morgan fingerprint density at radius 2 is 1.95 bits per heavy atom. The second-order valence-electron chi connectivity index (χ2n) is 6.59. The van der Waals surface area contributed by atoms with E-state index in [9.17, 15) is 0 Å². The van der Waals surface area contributed by atoms with Crippen LogP contribution in [0.1, 0.15) is 38.2 Å². The van der Waals surface area contributed by atoms with Gasteiger partial charge in [0.25, 0.3) is 0 Å². The van der Waals surface area contributed by atoms with E-state index in [-0.39, 0.29) is 18.7 Å². The van der Waals surface area contributed by atoms with Crippen molar-refractivity contribution in [1.82, 2.24) is 5.32 Å². The van der Waals surface area contributed by atoms with E-state index in [1.54, 1.807) is 0 Å². The summed E-state index contributed by atoms with van der Waals surface area (Å²) in [5.74, 6) is 0.792. The first kappa shape index (κ1) is 14.8. The quantitative estimate of drug-likeness (QED) is 0.923. The monoisotopic (exact) mass is 323 g/mol. The van der Waals surface area contributed by atoms with Gasteiger partial charge in [-0.15, -0.1) is 0 Å². The second kappa shape index (κ2) is 6.00. The average Bonchev–Trinajstić information content (AvgIpc) is 2.79. The number of fused-ring (bicyclic) bond motifs is 2. The molecule has 120 valence electrons. The molecule has 22 heavy (non-hydrogen) atoms. The van der Waals surface area contributed by atoms with Crippen molar-refractivity contribution in [1.29, 1.82) is 0 Å². The van der Waals surface area contributed by atoms with Crippen molar-refractivity contribution in [3.05, 3.63) is 28.8 Å². The SMILES string of the molecule is CC1OC(Cc2ccc(OC3C[C@H]4CC[C@@H](C3)N4)c(Cl)c2)O1. The summed E-state index contributed by atoms with van der Waals surface area (Å²) in [6, 6.07) is 7.23. The van der Waals surface area contributed by atoms with E-state index in [0.29, 0.717) is 17.1 Å². The molecule has 3 fully saturated rings. The predicted molar refractivity (Wildman–Crippen MR) is 84.2 cm³/mol. The maximum absolute atomic E-state index is 6.39. The van der Waals surface area contributed by atoms with E-state index in [2.05, 4.69) is 5.32 Å². The zero-order valence-corrected chi connectivity index (χ0v) is 13.5. The van der Waals surface area contributed by atoms with Crippen molar-refractivity contribution in [3.8, 4) is 5.75 Å². The van der Waals surface area contributed by atoms with Crippen LogP contribution in [0.25, 0.3) is 0 Å². The van der Waals surface area contributed by atoms with E-state index < -0.39 is 0 Å². The summed E-state index contributed by atoms with van der Waals surface area (Å²) in [4.78, 5) is 0. The van der Waals surface area contributed by atoms with Crippen molar-refractivity contribution in [2.24, 2.45) is 0 Å². The molecule has 0 spiro atoms. The van der Waals surface area contributed by atoms with Gasteiger partial charge in [-0.1, -0.05) is 17.7 Å². The minimum atomic E-state index is -0.141. The zero-order chi connectivity index (χ0) is 15.1. The molecule has 0 amide bonds. The maximum atomic E-state index is 6.39. The second-order valence-corrected chi connectivity index (χ2v) is 6.99. The molecule has 0 saturated carbocycles. The van der Waals surface area contributed by atoms with Crippen LogP contribution < -0.4 is 10.1 Å². The molecule has 0 aliphatic carbocycles. The molecular weight excluding hydrogens is 302 g/mol. The molecule has 0 radical (unpaired) electrons. The molecule has 3 heterocycles. The summed E-state index contributed by atoms with van der Waals surface area (Å²) < 4.78 is 17.1. The third-order valence-corrected chi connectivity index (χ3v) is 5.10. The Morgan fingerprint density at radius 3 is 2.59 bits per heavy atom. The van der Waals surface area contributed by atoms with Gasteiger partial charge >= 0.3 is 0 Å². The molecule has 1 aromatic rings. The Morgan fingerprint density at radius 1 is 1.23 bits per heavy atom. The maximum Gasteiger partial charge on any atom is 0.167 e. The Bertz CT molecular complexity index is 535. The fourth-order valence-corrected chi connectivity index (χ4v) is 4.02. The lowest BCUT2D eigenvalue weighted by Gasteiger charge is -2.33. The summed E-state index contributed by atoms with van der Waals surface area (Å²) in [7, 11) is 0. The van der Waals surface area contributed by atoms with Crippen LogP contribution in [0.2, 0.25) is 5.02 Å². The molecule has 5 heteroatoms. The highest BCUT2D eigenvalue weighted by atomic mass is 35.5. The minimum absolute atomic E-state index is 0.0849. The van der Waals surface area contributed by atoms with Crippen molar-refractivity contribution >= 4 is 11.6 Å². The summed E-state index contributed by atoms with van der Waals surface area (Å²) in [6.45, 7) is 1.90. The lowest BCUT2D eigenvalue weighted by molar-refractivity contribution is -0.374. The minimum Gasteiger partial charge on any atom is -0.489 e. The van der Waals surface area contributed by atoms with Gasteiger partial charge in [0, 0.05) is 18.5 Å². The van der Waals surface area contributed by atoms with Crippen molar-refractivity contribution < 1.29 is 14.2 Å². The van der Waals surface area contributed by atoms with Crippen molar-refractivity contribution in [2.75, 3.05) is 0 Å². The average molecular weight is 324 g/mol. The van der Waals surface area contributed by atoms with E-state index in [4.69, 9.17) is 25.8 Å². The van der Waals surface area contributed by atoms with Crippen molar-refractivity contribution in [3.63, 3.8) is 0 Å². The molecule has 0 aromatic heterocycles. The molecule has 1 unspecified atom stereocenters. The van der Waals surface area contributed by atoms with Gasteiger partial charge in [-0.05, 0) is 50.3 Å². The molecule has 4 nitrogen and oxygen atoms in total. The molecule has 1 aromatic carbocycles. The van der Waals surface area contributed by atoms with Crippen LogP contribution in [0.3, 0.4) is 0 Å². The van der Waals surface area contributed by atoms with Gasteiger partial charge in [0.15, 0.2) is 12.6 Å². The van der Waals surface area contributed by atoms with E-state index in [1.807, 2.05) is 25.1 Å². The number of halogens is 1. The van der Waals surface area contributed by atoms with Crippen molar-refractivity contribution in [2.45, 2.75) is 69.8 Å². The fraction of sp³-hybridized carbons (Fsp3) is 0.647. The lowest BCUT2D eigenvalue weighted by atomic mass is 10.0. The van der Waals surface area contributed by atoms with Gasteiger partial charge in [-0.3, -0.25) is 0 Å². The topological polar surface area (TPSA) is 39.7 Å². The zero-order valence-electron chi connectivity index (χ0n) is 12.8. The highest BCUT2D eigenvalue weighted by molar-refractivity contribution is 6.32. The van der Waals surface area contributed by atoms with Gasteiger partial charge < -0.3 is 19.5 Å². The van der Waals surface area contributed by atoms with Crippen LogP contribution in [-0.2, 0) is 15.9 Å². The molecule has 2 bridgehead atoms. The number of piperidine rings is 1. The van der Waals surface area contributed by atoms with Crippen LogP contribution in [0.5, 0.6) is 5.75 Å². The molecule has 3 saturated heterocycles. The van der Waals surface area contributed by atoms with E-state index in [1.165, 1.54) is 12.8 Å². The third kappa shape index (κ3) is 3.11. The van der Waals surface area contributed by atoms with Crippen LogP contribution in [0.4, 0.5) is 0 Å². The number of ether oxygens (including phenoxy) is 3. The van der Waals surface area contributed by atoms with Gasteiger partial charge in [0.1, 0.15) is 11.9 Å². The number of rotatable bonds is 4. The van der Waals surface area contributed by atoms with E-state index >= 15 is 0 Å². The summed E-state index contributed by atoms with van der Waals surface area (Å²) >= 11 is 6.39. The molecule has 3 aliphatic heterocycles. The third-order valence-electron chi connectivity index (χ3n) is 4.81. The van der Waals surface area contributed by atoms with Gasteiger partial charge in [0.05, 0.1) is 5.02 Å². The van der Waals surface area contributed by atoms with Crippen LogP contribution >= 0.6 is 11.6 Å². The first-order valence-electron chi connectivity index (χ1n) is 8.18. The Labute approximate surface area is 136 Å². The van der Waals surface area contributed by atoms with Crippen LogP contribution in [-0.4, -0.2) is 30.8 Å². The number of hydrogen-bond donors (Lipinski definition) is 1. The highest BCUT2D eigenvalue weighted by Crippen LogP contribution is 2.33. The predicted octanol–water partition coefficient (Wildman–Crippen LogP) is 3.26. The van der Waals surface area contributed by atoms with Gasteiger partial charge in [0.2, 0.25) is 0 Å². The normalized spacial score (nSPS) is 36.9. The van der Waals surface area contributed by atoms with Gasteiger partial charge in [-0.25, -0.2) is 0 Å². The molecule has 3 atom stereocenters. The molecule has 1 N–H and O–H groups in total. The van der Waals surface area contributed by atoms with Gasteiger partial charge in [-0.2, -0.15) is 0 Å². The number of benzene rings is 1. The summed E-state index contributed by atoms with van der Waals surface area (Å²) in [6.07, 6.45) is 5.49. The largest absolute Gasteiger partial charge is 0.489 e. The molecular formula is C17H22ClNO3. The first-order chi connectivity index (χ1) is 10.7. The standard InChI is InChI=1S/C17H22ClNO3/c1-10-20-17(21-10)7-11-2-5-16(15(18)6-11)22-14-8-12-3-4-13(9-14)19-12/h2,5-6,10,12-14,17,19H,3-4,7-9H2,1H3/t10?,12-,13+,14?,17?.